The van der Waals surface area contributed by atoms with Crippen LogP contribution in [0.4, 0.5) is 16.2 Å². The monoisotopic (exact) mass is 678 g/mol. The van der Waals surface area contributed by atoms with Crippen molar-refractivity contribution in [1.29, 1.82) is 0 Å². The van der Waals surface area contributed by atoms with E-state index in [-0.39, 0.29) is 36.6 Å². The Bertz CT molecular complexity index is 1720. The van der Waals surface area contributed by atoms with Crippen LogP contribution in [-0.2, 0) is 39.2 Å². The number of nitrogen functional groups attached to an aromatic ring is 1. The fraction of sp³-hybridized carbons (Fsp3) is 0.571. The fourth-order valence-corrected chi connectivity index (χ4v) is 9.22. The third-order valence-electron chi connectivity index (χ3n) is 7.93. The molecule has 3 aromatic rings. The summed E-state index contributed by atoms with van der Waals surface area (Å²) < 4.78 is 59.1. The average molecular weight is 679 g/mol. The molecule has 4 aliphatic rings. The van der Waals surface area contributed by atoms with Crippen molar-refractivity contribution in [3.63, 3.8) is 0 Å². The van der Waals surface area contributed by atoms with Crippen LogP contribution in [0.2, 0.25) is 0 Å². The summed E-state index contributed by atoms with van der Waals surface area (Å²) in [7, 11) is 0. The van der Waals surface area contributed by atoms with Crippen LogP contribution >= 0.6 is 25.8 Å². The third kappa shape index (κ3) is 5.21. The zero-order valence-corrected chi connectivity index (χ0v) is 25.2. The molecular formula is C21H25FN8O9P2S2. The molecule has 7 rings (SSSR count). The fourth-order valence-electron chi connectivity index (χ4n) is 5.93. The molecule has 0 amide bonds. The Labute approximate surface area is 251 Å². The number of hydrogen-bond acceptors (Lipinski definition) is 15. The van der Waals surface area contributed by atoms with Gasteiger partial charge in [0.25, 0.3) is 5.56 Å². The molecule has 17 nitrogen and oxygen atoms in total. The van der Waals surface area contributed by atoms with Crippen LogP contribution in [0.25, 0.3) is 11.2 Å². The standard InChI is InChI=1S/C21H25FN8O9P2S2/c22-11-9(27-10-1-3-24-6-25-10)5-8-2-4-35-40(33,42)39-16-19(30-7-26-12-17(30)28-20(23)29-18(12)31)36-14-15(21(14,16)32)38-41(34,43)37-13(8)11/h1,3,6-9,11,13-16,19,32H,2,4-5H2,(H,33,42)(H,34,43)(H,24,25,27)(H3,23,28,29,31)/t8-,9+,11-,13+,14+,15-,16-,19+,21-,40?,41?/m0/s1. The van der Waals surface area contributed by atoms with Crippen molar-refractivity contribution >= 4 is 60.5 Å². The second-order valence-corrected chi connectivity index (χ2v) is 16.2. The maximum atomic E-state index is 15.8. The highest BCUT2D eigenvalue weighted by atomic mass is 32.7. The van der Waals surface area contributed by atoms with Crippen molar-refractivity contribution in [3.8, 4) is 0 Å². The van der Waals surface area contributed by atoms with Gasteiger partial charge in [0.2, 0.25) is 5.95 Å². The van der Waals surface area contributed by atoms with Gasteiger partial charge in [-0.3, -0.25) is 23.4 Å². The van der Waals surface area contributed by atoms with Crippen LogP contribution in [0, 0.1) is 5.92 Å². The van der Waals surface area contributed by atoms with Crippen molar-refractivity contribution in [2.75, 3.05) is 17.7 Å². The summed E-state index contributed by atoms with van der Waals surface area (Å²) in [6.45, 7) is -8.63. The smallest absolute Gasteiger partial charge is 0.381 e. The van der Waals surface area contributed by atoms with Gasteiger partial charge in [-0.2, -0.15) is 4.98 Å². The maximum absolute atomic E-state index is 15.8. The lowest BCUT2D eigenvalue weighted by molar-refractivity contribution is -0.0833. The van der Waals surface area contributed by atoms with E-state index in [2.05, 4.69) is 42.5 Å². The molecule has 2 aliphatic heterocycles. The number of nitrogens with one attached hydrogen (secondary N) is 2. The van der Waals surface area contributed by atoms with Crippen molar-refractivity contribution in [3.05, 3.63) is 35.3 Å². The number of nitrogens with two attached hydrogens (primary N) is 1. The van der Waals surface area contributed by atoms with Gasteiger partial charge < -0.3 is 34.8 Å². The molecule has 0 bridgehead atoms. The summed E-state index contributed by atoms with van der Waals surface area (Å²) in [6, 6.07) is 0.801. The van der Waals surface area contributed by atoms with Crippen molar-refractivity contribution in [2.45, 2.75) is 61.3 Å². The number of rotatable bonds is 3. The minimum Gasteiger partial charge on any atom is -0.381 e. The van der Waals surface area contributed by atoms with Crippen LogP contribution in [-0.4, -0.2) is 88.3 Å². The van der Waals surface area contributed by atoms with Gasteiger partial charge in [0.15, 0.2) is 23.0 Å². The molecule has 3 aromatic heterocycles. The van der Waals surface area contributed by atoms with Gasteiger partial charge in [-0.1, -0.05) is 12.2 Å². The van der Waals surface area contributed by atoms with Gasteiger partial charge in [-0.15, -0.1) is 0 Å². The Hall–Kier alpha value is -2.09. The van der Waals surface area contributed by atoms with Crippen molar-refractivity contribution in [1.82, 2.24) is 29.5 Å². The molecule has 5 heterocycles. The topological polar surface area (TPSA) is 231 Å². The van der Waals surface area contributed by atoms with E-state index in [1.165, 1.54) is 23.4 Å². The Kier molecular flexibility index (Phi) is 7.22. The molecular weight excluding hydrogens is 653 g/mol. The van der Waals surface area contributed by atoms with Gasteiger partial charge in [-0.25, -0.2) is 23.9 Å². The average Bonchev–Trinajstić information content (AvgIpc) is 3.24. The second-order valence-electron chi connectivity index (χ2n) is 10.6. The number of aromatic amines is 1. The predicted octanol–water partition coefficient (Wildman–Crippen LogP) is 0.803. The Balaban J connectivity index is 1.18. The number of hydrogen-bond donors (Lipinski definition) is 6. The number of aromatic nitrogens is 6. The van der Waals surface area contributed by atoms with Gasteiger partial charge >= 0.3 is 13.5 Å². The molecule has 11 atom stereocenters. The lowest BCUT2D eigenvalue weighted by Gasteiger charge is -2.30. The minimum atomic E-state index is -4.22. The normalized spacial score (nSPS) is 42.8. The largest absolute Gasteiger partial charge is 0.386 e. The third-order valence-corrected chi connectivity index (χ3v) is 11.1. The van der Waals surface area contributed by atoms with Crippen LogP contribution in [0.5, 0.6) is 0 Å². The Morgan fingerprint density at radius 3 is 2.86 bits per heavy atom. The Morgan fingerprint density at radius 2 is 2.09 bits per heavy atom. The second kappa shape index (κ2) is 10.5. The molecule has 0 radical (unpaired) electrons. The first-order valence-electron chi connectivity index (χ1n) is 13.0. The van der Waals surface area contributed by atoms with Crippen LogP contribution in [0.15, 0.2) is 29.7 Å². The van der Waals surface area contributed by atoms with Crippen LogP contribution in [0.1, 0.15) is 19.1 Å². The molecule has 0 spiro atoms. The molecule has 43 heavy (non-hydrogen) atoms. The molecule has 232 valence electrons. The summed E-state index contributed by atoms with van der Waals surface area (Å²) in [6.07, 6.45) is -3.79. The first-order valence-corrected chi connectivity index (χ1v) is 18.3. The van der Waals surface area contributed by atoms with E-state index < -0.39 is 73.5 Å². The molecule has 2 saturated heterocycles. The van der Waals surface area contributed by atoms with Crippen molar-refractivity contribution in [2.24, 2.45) is 5.92 Å². The number of halogens is 1. The summed E-state index contributed by atoms with van der Waals surface area (Å²) in [5.41, 5.74) is 2.96. The summed E-state index contributed by atoms with van der Waals surface area (Å²) in [5, 5.41) is 14.6. The van der Waals surface area contributed by atoms with E-state index >= 15 is 4.39 Å². The molecule has 6 N–H and O–H groups in total. The number of aliphatic hydroxyl groups is 1. The summed E-state index contributed by atoms with van der Waals surface area (Å²) in [4.78, 5) is 41.7. The molecule has 2 saturated carbocycles. The first-order chi connectivity index (χ1) is 20.4. The van der Waals surface area contributed by atoms with E-state index in [4.69, 9.17) is 40.4 Å². The lowest BCUT2D eigenvalue weighted by atomic mass is 10.0. The minimum absolute atomic E-state index is 0.00222. The van der Waals surface area contributed by atoms with Gasteiger partial charge in [0.05, 0.1) is 19.0 Å². The van der Waals surface area contributed by atoms with E-state index in [0.717, 1.165) is 0 Å². The van der Waals surface area contributed by atoms with Crippen LogP contribution in [0.3, 0.4) is 0 Å². The first kappa shape index (κ1) is 29.6. The zero-order chi connectivity index (χ0) is 30.3. The molecule has 0 aromatic carbocycles. The number of H-pyrrole nitrogens is 1. The zero-order valence-electron chi connectivity index (χ0n) is 21.7. The highest BCUT2D eigenvalue weighted by molar-refractivity contribution is 8.44. The summed E-state index contributed by atoms with van der Waals surface area (Å²) in [5.74, 6) is -0.377. The molecule has 22 heteroatoms. The molecule has 4 fully saturated rings. The highest BCUT2D eigenvalue weighted by Crippen LogP contribution is 2.67. The number of ether oxygens (including phenoxy) is 1. The SMILES string of the molecule is Nc1nc2c(ncn2[C@@H]2O[C@@H]3[C@@H]4OP(O)(=S)O[C@@H]5[C@@H](CCOP(=O)(S)O[C@@H]2[C@]34O)C[C@@H](Nc2ccncn2)[C@@H]5F)c(=O)[nH]1. The van der Waals surface area contributed by atoms with E-state index in [1.54, 1.807) is 6.07 Å². The molecule has 2 unspecified atom stereocenters. The number of anilines is 2. The lowest BCUT2D eigenvalue weighted by Crippen LogP contribution is -2.39. The van der Waals surface area contributed by atoms with Gasteiger partial charge in [-0.05, 0) is 36.6 Å². The predicted molar refractivity (Wildman–Crippen MR) is 152 cm³/mol. The number of alkyl halides is 1. The summed E-state index contributed by atoms with van der Waals surface area (Å²) >= 11 is 9.35. The van der Waals surface area contributed by atoms with Crippen molar-refractivity contribution < 1.29 is 41.8 Å². The number of fused-ring (bicyclic) bond motifs is 3. The van der Waals surface area contributed by atoms with E-state index in [9.17, 15) is 19.4 Å². The van der Waals surface area contributed by atoms with E-state index in [0.29, 0.717) is 5.82 Å². The number of thiol groups is 1. The highest BCUT2D eigenvalue weighted by Gasteiger charge is 2.80. The van der Waals surface area contributed by atoms with Gasteiger partial charge in [0.1, 0.15) is 42.7 Å². The Morgan fingerprint density at radius 1 is 1.28 bits per heavy atom. The number of imidazole rings is 1. The number of nitrogens with zero attached hydrogens (tertiary/aromatic N) is 5. The van der Waals surface area contributed by atoms with Crippen LogP contribution < -0.4 is 16.6 Å². The van der Waals surface area contributed by atoms with Gasteiger partial charge in [0, 0.05) is 6.20 Å². The molecule has 2 aliphatic carbocycles. The quantitative estimate of drug-likeness (QED) is 0.166. The maximum Gasteiger partial charge on any atom is 0.386 e. The van der Waals surface area contributed by atoms with E-state index in [1.807, 2.05) is 0 Å².